The van der Waals surface area contributed by atoms with E-state index in [0.29, 0.717) is 12.5 Å². The van der Waals surface area contributed by atoms with Crippen molar-refractivity contribution in [1.82, 2.24) is 20.4 Å². The fraction of sp³-hybridized carbons (Fsp3) is 0.524. The molecule has 2 amide bonds. The molecule has 3 heterocycles. The van der Waals surface area contributed by atoms with Gasteiger partial charge in [-0.05, 0) is 44.7 Å². The molecule has 0 spiro atoms. The number of piperidine rings is 1. The third-order valence-electron chi connectivity index (χ3n) is 5.64. The molecule has 1 aromatic heterocycles. The number of likely N-dealkylation sites (tertiary alicyclic amines) is 1. The van der Waals surface area contributed by atoms with Gasteiger partial charge < -0.3 is 15.0 Å². The Morgan fingerprint density at radius 3 is 2.89 bits per heavy atom. The van der Waals surface area contributed by atoms with E-state index in [4.69, 9.17) is 4.74 Å². The quantitative estimate of drug-likeness (QED) is 0.868. The Balaban J connectivity index is 1.29. The summed E-state index contributed by atoms with van der Waals surface area (Å²) >= 11 is 0. The van der Waals surface area contributed by atoms with Crippen LogP contribution in [-0.2, 0) is 4.74 Å². The van der Waals surface area contributed by atoms with Crippen LogP contribution in [0.15, 0.2) is 30.3 Å². The average Bonchev–Trinajstić information content (AvgIpc) is 3.38. The molecular formula is C21H28N4O2. The van der Waals surface area contributed by atoms with Crippen LogP contribution in [0, 0.1) is 6.92 Å². The number of ether oxygens (including phenoxy) is 1. The second-order valence-corrected chi connectivity index (χ2v) is 7.66. The van der Waals surface area contributed by atoms with Crippen molar-refractivity contribution in [2.45, 2.75) is 44.6 Å². The number of hydrogen-bond donors (Lipinski definition) is 2. The molecule has 1 atom stereocenters. The van der Waals surface area contributed by atoms with E-state index in [1.54, 1.807) is 0 Å². The zero-order chi connectivity index (χ0) is 18.6. The summed E-state index contributed by atoms with van der Waals surface area (Å²) in [6.45, 7) is 5.10. The number of nitrogens with zero attached hydrogens (tertiary/aromatic N) is 2. The molecule has 6 nitrogen and oxygen atoms in total. The fourth-order valence-electron chi connectivity index (χ4n) is 4.01. The summed E-state index contributed by atoms with van der Waals surface area (Å²) in [6, 6.07) is 10.6. The summed E-state index contributed by atoms with van der Waals surface area (Å²) in [4.78, 5) is 14.3. The van der Waals surface area contributed by atoms with Crippen LogP contribution in [-0.4, -0.2) is 53.5 Å². The number of aromatic nitrogens is 2. The van der Waals surface area contributed by atoms with Gasteiger partial charge in [-0.1, -0.05) is 23.8 Å². The highest BCUT2D eigenvalue weighted by Crippen LogP contribution is 2.29. The van der Waals surface area contributed by atoms with E-state index in [0.717, 1.165) is 56.6 Å². The molecule has 0 bridgehead atoms. The predicted molar refractivity (Wildman–Crippen MR) is 105 cm³/mol. The number of H-pyrrole nitrogens is 1. The normalized spacial score (nSPS) is 20.8. The highest BCUT2D eigenvalue weighted by molar-refractivity contribution is 5.74. The lowest BCUT2D eigenvalue weighted by molar-refractivity contribution is 0.108. The number of carbonyl (C=O) groups is 1. The molecular weight excluding hydrogens is 340 g/mol. The Bertz CT molecular complexity index is 774. The van der Waals surface area contributed by atoms with Crippen molar-refractivity contribution in [1.29, 1.82) is 0 Å². The van der Waals surface area contributed by atoms with Gasteiger partial charge in [0.15, 0.2) is 0 Å². The van der Waals surface area contributed by atoms with Gasteiger partial charge in [-0.2, -0.15) is 5.10 Å². The summed E-state index contributed by atoms with van der Waals surface area (Å²) in [5, 5.41) is 10.7. The van der Waals surface area contributed by atoms with Gasteiger partial charge in [0, 0.05) is 43.4 Å². The van der Waals surface area contributed by atoms with Crippen LogP contribution in [0.1, 0.15) is 42.9 Å². The second kappa shape index (κ2) is 8.13. The lowest BCUT2D eigenvalue weighted by Crippen LogP contribution is -2.46. The fourth-order valence-corrected chi connectivity index (χ4v) is 4.01. The van der Waals surface area contributed by atoms with Crippen molar-refractivity contribution in [3.8, 4) is 11.3 Å². The highest BCUT2D eigenvalue weighted by Gasteiger charge is 2.26. The zero-order valence-electron chi connectivity index (χ0n) is 15.9. The standard InChI is InChI=1S/C21H28N4O2/c1-15-4-2-5-17(12-15)20-13-19(23-24-20)16-7-9-25(10-8-16)21(26)22-14-18-6-3-11-27-18/h2,4-5,12-13,16,18H,3,6-11,14H2,1H3,(H,22,26)(H,23,24). The Morgan fingerprint density at radius 1 is 1.30 bits per heavy atom. The van der Waals surface area contributed by atoms with E-state index < -0.39 is 0 Å². The third kappa shape index (κ3) is 4.33. The molecule has 144 valence electrons. The minimum Gasteiger partial charge on any atom is -0.376 e. The predicted octanol–water partition coefficient (Wildman–Crippen LogP) is 3.45. The van der Waals surface area contributed by atoms with Crippen LogP contribution >= 0.6 is 0 Å². The summed E-state index contributed by atoms with van der Waals surface area (Å²) in [6.07, 6.45) is 4.26. The van der Waals surface area contributed by atoms with Crippen molar-refractivity contribution < 1.29 is 9.53 Å². The first-order valence-electron chi connectivity index (χ1n) is 9.96. The van der Waals surface area contributed by atoms with Crippen molar-refractivity contribution in [2.24, 2.45) is 0 Å². The number of rotatable bonds is 4. The lowest BCUT2D eigenvalue weighted by Gasteiger charge is -2.31. The molecule has 0 saturated carbocycles. The number of carbonyl (C=O) groups excluding carboxylic acids is 1. The summed E-state index contributed by atoms with van der Waals surface area (Å²) < 4.78 is 5.57. The van der Waals surface area contributed by atoms with Gasteiger partial charge in [0.1, 0.15) is 0 Å². The van der Waals surface area contributed by atoms with Gasteiger partial charge in [0.05, 0.1) is 11.8 Å². The number of hydrogen-bond acceptors (Lipinski definition) is 3. The molecule has 6 heteroatoms. The van der Waals surface area contributed by atoms with Crippen LogP contribution in [0.5, 0.6) is 0 Å². The van der Waals surface area contributed by atoms with Gasteiger partial charge >= 0.3 is 6.03 Å². The number of nitrogens with one attached hydrogen (secondary N) is 2. The molecule has 2 aliphatic heterocycles. The monoisotopic (exact) mass is 368 g/mol. The van der Waals surface area contributed by atoms with Gasteiger partial charge in [-0.3, -0.25) is 5.10 Å². The number of benzene rings is 1. The van der Waals surface area contributed by atoms with Gasteiger partial charge in [0.2, 0.25) is 0 Å². The molecule has 2 fully saturated rings. The third-order valence-corrected chi connectivity index (χ3v) is 5.64. The maximum atomic E-state index is 12.4. The topological polar surface area (TPSA) is 70.2 Å². The van der Waals surface area contributed by atoms with Crippen LogP contribution in [0.2, 0.25) is 0 Å². The smallest absolute Gasteiger partial charge is 0.317 e. The van der Waals surface area contributed by atoms with Crippen molar-refractivity contribution >= 4 is 6.03 Å². The molecule has 0 aliphatic carbocycles. The average molecular weight is 368 g/mol. The Hall–Kier alpha value is -2.34. The molecule has 2 N–H and O–H groups in total. The highest BCUT2D eigenvalue weighted by atomic mass is 16.5. The van der Waals surface area contributed by atoms with Crippen LogP contribution in [0.4, 0.5) is 4.79 Å². The summed E-state index contributed by atoms with van der Waals surface area (Å²) in [5.74, 6) is 0.429. The van der Waals surface area contributed by atoms with Crippen molar-refractivity contribution in [2.75, 3.05) is 26.2 Å². The number of amides is 2. The first kappa shape index (κ1) is 18.0. The SMILES string of the molecule is Cc1cccc(-c2cc(C3CCN(C(=O)NCC4CCCO4)CC3)[nH]n2)c1. The van der Waals surface area contributed by atoms with E-state index >= 15 is 0 Å². The summed E-state index contributed by atoms with van der Waals surface area (Å²) in [7, 11) is 0. The molecule has 1 unspecified atom stereocenters. The number of urea groups is 1. The number of aryl methyl sites for hydroxylation is 1. The van der Waals surface area contributed by atoms with E-state index in [9.17, 15) is 4.79 Å². The van der Waals surface area contributed by atoms with Gasteiger partial charge in [0.25, 0.3) is 0 Å². The first-order valence-corrected chi connectivity index (χ1v) is 9.96. The maximum absolute atomic E-state index is 12.4. The molecule has 1 aromatic carbocycles. The molecule has 2 aromatic rings. The van der Waals surface area contributed by atoms with Crippen LogP contribution < -0.4 is 5.32 Å². The van der Waals surface area contributed by atoms with Crippen molar-refractivity contribution in [3.63, 3.8) is 0 Å². The van der Waals surface area contributed by atoms with E-state index in [1.165, 1.54) is 11.3 Å². The van der Waals surface area contributed by atoms with Gasteiger partial charge in [-0.15, -0.1) is 0 Å². The minimum atomic E-state index is 0.0361. The summed E-state index contributed by atoms with van der Waals surface area (Å²) in [5.41, 5.74) is 4.54. The van der Waals surface area contributed by atoms with Gasteiger partial charge in [-0.25, -0.2) is 4.79 Å². The van der Waals surface area contributed by atoms with E-state index in [2.05, 4.69) is 52.8 Å². The Morgan fingerprint density at radius 2 is 2.15 bits per heavy atom. The minimum absolute atomic E-state index is 0.0361. The Kier molecular flexibility index (Phi) is 5.43. The first-order chi connectivity index (χ1) is 13.2. The van der Waals surface area contributed by atoms with E-state index in [1.807, 2.05) is 4.90 Å². The largest absolute Gasteiger partial charge is 0.376 e. The van der Waals surface area contributed by atoms with E-state index in [-0.39, 0.29) is 12.1 Å². The Labute approximate surface area is 160 Å². The maximum Gasteiger partial charge on any atom is 0.317 e. The molecule has 2 aliphatic rings. The van der Waals surface area contributed by atoms with Crippen LogP contribution in [0.3, 0.4) is 0 Å². The van der Waals surface area contributed by atoms with Crippen molar-refractivity contribution in [3.05, 3.63) is 41.6 Å². The zero-order valence-corrected chi connectivity index (χ0v) is 15.9. The number of aromatic amines is 1. The molecule has 4 rings (SSSR count). The van der Waals surface area contributed by atoms with Crippen LogP contribution in [0.25, 0.3) is 11.3 Å². The lowest BCUT2D eigenvalue weighted by atomic mass is 9.93. The molecule has 2 saturated heterocycles. The molecule has 0 radical (unpaired) electrons. The molecule has 27 heavy (non-hydrogen) atoms. The second-order valence-electron chi connectivity index (χ2n) is 7.66.